The van der Waals surface area contributed by atoms with Crippen molar-refractivity contribution in [2.24, 2.45) is 11.7 Å². The molecule has 3 amide bonds. The van der Waals surface area contributed by atoms with Gasteiger partial charge >= 0.3 is 6.09 Å². The van der Waals surface area contributed by atoms with Crippen LogP contribution in [-0.4, -0.2) is 59.7 Å². The van der Waals surface area contributed by atoms with Crippen LogP contribution in [-0.2, 0) is 29.8 Å². The van der Waals surface area contributed by atoms with Crippen molar-refractivity contribution in [3.05, 3.63) is 93.5 Å². The molecule has 1 heterocycles. The monoisotopic (exact) mass is 634 g/mol. The van der Waals surface area contributed by atoms with Gasteiger partial charge in [0.15, 0.2) is 0 Å². The first-order valence-electron chi connectivity index (χ1n) is 15.5. The lowest BCUT2D eigenvalue weighted by molar-refractivity contribution is -0.117. The van der Waals surface area contributed by atoms with Gasteiger partial charge in [-0.3, -0.25) is 9.59 Å². The molecule has 240 valence electrons. The Morgan fingerprint density at radius 3 is 2.58 bits per heavy atom. The normalized spacial score (nSPS) is 16.2. The predicted octanol–water partition coefficient (Wildman–Crippen LogP) is 5.10. The van der Waals surface area contributed by atoms with Crippen molar-refractivity contribution < 1.29 is 24.6 Å². The molecule has 1 aliphatic rings. The number of hydrogen-bond donors (Lipinski definition) is 5. The highest BCUT2D eigenvalue weighted by Crippen LogP contribution is 2.46. The smallest absolute Gasteiger partial charge is 0.404 e. The van der Waals surface area contributed by atoms with E-state index in [1.807, 2.05) is 49.5 Å². The molecule has 0 saturated carbocycles. The van der Waals surface area contributed by atoms with Crippen LogP contribution in [0.2, 0.25) is 5.02 Å². The Morgan fingerprint density at radius 2 is 1.87 bits per heavy atom. The third kappa shape index (κ3) is 8.22. The van der Waals surface area contributed by atoms with Crippen molar-refractivity contribution in [1.82, 2.24) is 15.5 Å². The topological polar surface area (TPSA) is 145 Å². The second-order valence-electron chi connectivity index (χ2n) is 11.7. The van der Waals surface area contributed by atoms with E-state index < -0.39 is 17.6 Å². The van der Waals surface area contributed by atoms with Crippen molar-refractivity contribution >= 4 is 29.5 Å². The van der Waals surface area contributed by atoms with Crippen molar-refractivity contribution in [3.8, 4) is 11.1 Å². The zero-order valence-corrected chi connectivity index (χ0v) is 26.7. The molecule has 0 spiro atoms. The van der Waals surface area contributed by atoms with Gasteiger partial charge in [-0.2, -0.15) is 0 Å². The summed E-state index contributed by atoms with van der Waals surface area (Å²) in [7, 11) is 1.82. The molecule has 3 aromatic rings. The third-order valence-corrected chi connectivity index (χ3v) is 8.96. The van der Waals surface area contributed by atoms with Crippen LogP contribution in [0.3, 0.4) is 0 Å². The Morgan fingerprint density at radius 1 is 1.09 bits per heavy atom. The minimum Gasteiger partial charge on any atom is -0.465 e. The van der Waals surface area contributed by atoms with Gasteiger partial charge in [0.1, 0.15) is 0 Å². The van der Waals surface area contributed by atoms with Gasteiger partial charge in [0, 0.05) is 48.2 Å². The molecule has 0 aliphatic carbocycles. The maximum Gasteiger partial charge on any atom is 0.404 e. The molecule has 45 heavy (non-hydrogen) atoms. The van der Waals surface area contributed by atoms with Crippen LogP contribution in [0, 0.1) is 5.92 Å². The van der Waals surface area contributed by atoms with Gasteiger partial charge in [-0.05, 0) is 79.1 Å². The highest BCUT2D eigenvalue weighted by atomic mass is 35.5. The lowest BCUT2D eigenvalue weighted by atomic mass is 9.72. The van der Waals surface area contributed by atoms with E-state index in [-0.39, 0.29) is 37.8 Å². The van der Waals surface area contributed by atoms with Gasteiger partial charge in [-0.25, -0.2) is 4.79 Å². The van der Waals surface area contributed by atoms with Gasteiger partial charge in [-0.15, -0.1) is 0 Å². The van der Waals surface area contributed by atoms with Crippen LogP contribution >= 0.6 is 11.6 Å². The largest absolute Gasteiger partial charge is 0.465 e. The fourth-order valence-corrected chi connectivity index (χ4v) is 6.75. The SMILES string of the molecule is CCc1cccc(-c2c(Cl)cccc2C(O)(CCCNC(=O)O)[C@@H]2CCCN(C(=O)c3ccc(CNC)cc3CC(N)=O)C2)c1. The third-order valence-electron chi connectivity index (χ3n) is 8.64. The van der Waals surface area contributed by atoms with Gasteiger partial charge in [0.25, 0.3) is 5.91 Å². The van der Waals surface area contributed by atoms with Crippen molar-refractivity contribution in [3.63, 3.8) is 0 Å². The van der Waals surface area contributed by atoms with Gasteiger partial charge in [0.2, 0.25) is 5.91 Å². The standard InChI is InChI=1S/C35H43ClN4O5/c1-3-23-8-4-9-25(18-23)32-29(11-5-12-30(32)36)35(45,15-7-16-39-34(43)44)27-10-6-17-40(22-27)33(42)28-14-13-24(21-38-2)19-26(28)20-31(37)41/h4-5,8-9,11-14,18-19,27,38-39,45H,3,6-7,10,15-17,20-22H2,1-2H3,(H2,37,41)(H,43,44)/t27-,35?/m1/s1. The Balaban J connectivity index is 1.73. The number of rotatable bonds is 13. The summed E-state index contributed by atoms with van der Waals surface area (Å²) in [6.07, 6.45) is 1.61. The van der Waals surface area contributed by atoms with Gasteiger partial charge < -0.3 is 31.5 Å². The molecule has 4 rings (SSSR count). The number of carboxylic acid groups (broad SMARTS) is 1. The van der Waals surface area contributed by atoms with Crippen LogP contribution in [0.25, 0.3) is 11.1 Å². The number of carbonyl (C=O) groups is 3. The van der Waals surface area contributed by atoms with Crippen LogP contribution in [0.15, 0.2) is 60.7 Å². The Bertz CT molecular complexity index is 1530. The maximum atomic E-state index is 14.0. The number of nitrogens with zero attached hydrogens (tertiary/aromatic N) is 1. The van der Waals surface area contributed by atoms with Crippen LogP contribution < -0.4 is 16.4 Å². The molecular weight excluding hydrogens is 592 g/mol. The summed E-state index contributed by atoms with van der Waals surface area (Å²) in [4.78, 5) is 38.8. The summed E-state index contributed by atoms with van der Waals surface area (Å²) >= 11 is 6.85. The highest BCUT2D eigenvalue weighted by molar-refractivity contribution is 6.33. The zero-order valence-electron chi connectivity index (χ0n) is 25.9. The van der Waals surface area contributed by atoms with Gasteiger partial charge in [0.05, 0.1) is 12.0 Å². The molecular formula is C35H43ClN4O5. The number of amides is 3. The number of nitrogens with one attached hydrogen (secondary N) is 2. The molecule has 1 fully saturated rings. The van der Waals surface area contributed by atoms with Crippen molar-refractivity contribution in [2.45, 2.75) is 57.6 Å². The summed E-state index contributed by atoms with van der Waals surface area (Å²) in [6.45, 7) is 3.61. The summed E-state index contributed by atoms with van der Waals surface area (Å²) in [6, 6.07) is 19.0. The average molecular weight is 635 g/mol. The fraction of sp³-hybridized carbons (Fsp3) is 0.400. The van der Waals surface area contributed by atoms with Gasteiger partial charge in [-0.1, -0.05) is 67.1 Å². The quantitative estimate of drug-likeness (QED) is 0.165. The number of likely N-dealkylation sites (tertiary alicyclic amines) is 1. The first kappa shape index (κ1) is 34.0. The zero-order chi connectivity index (χ0) is 32.6. The van der Waals surface area contributed by atoms with Crippen molar-refractivity contribution in [2.75, 3.05) is 26.7 Å². The fourth-order valence-electron chi connectivity index (χ4n) is 6.46. The second-order valence-corrected chi connectivity index (χ2v) is 12.1. The van der Waals surface area contributed by atoms with E-state index in [0.29, 0.717) is 54.1 Å². The maximum absolute atomic E-state index is 14.0. The predicted molar refractivity (Wildman–Crippen MR) is 176 cm³/mol. The minimum atomic E-state index is -1.42. The van der Waals surface area contributed by atoms with Crippen LogP contribution in [0.4, 0.5) is 4.79 Å². The Hall–Kier alpha value is -3.92. The van der Waals surface area contributed by atoms with E-state index in [9.17, 15) is 19.5 Å². The molecule has 1 aliphatic heterocycles. The number of piperidine rings is 1. The van der Waals surface area contributed by atoms with Crippen LogP contribution in [0.5, 0.6) is 0 Å². The van der Waals surface area contributed by atoms with E-state index in [2.05, 4.69) is 23.6 Å². The Labute approximate surface area is 269 Å². The number of aliphatic hydroxyl groups is 1. The van der Waals surface area contributed by atoms with E-state index in [4.69, 9.17) is 22.4 Å². The lowest BCUT2D eigenvalue weighted by Crippen LogP contribution is -2.48. The van der Waals surface area contributed by atoms with E-state index in [1.165, 1.54) is 0 Å². The van der Waals surface area contributed by atoms with E-state index in [1.54, 1.807) is 17.0 Å². The van der Waals surface area contributed by atoms with E-state index in [0.717, 1.165) is 28.7 Å². The minimum absolute atomic E-state index is 0.0564. The second kappa shape index (κ2) is 15.4. The molecule has 9 nitrogen and oxygen atoms in total. The average Bonchev–Trinajstić information content (AvgIpc) is 3.02. The molecule has 2 atom stereocenters. The number of aryl methyl sites for hydroxylation is 1. The number of benzene rings is 3. The number of carbonyl (C=O) groups excluding carboxylic acids is 2. The molecule has 1 unspecified atom stereocenters. The molecule has 1 saturated heterocycles. The highest BCUT2D eigenvalue weighted by Gasteiger charge is 2.43. The lowest BCUT2D eigenvalue weighted by Gasteiger charge is -2.44. The van der Waals surface area contributed by atoms with Crippen LogP contribution in [0.1, 0.15) is 65.2 Å². The first-order valence-corrected chi connectivity index (χ1v) is 15.9. The molecule has 0 bridgehead atoms. The molecule has 10 heteroatoms. The molecule has 3 aromatic carbocycles. The summed E-state index contributed by atoms with van der Waals surface area (Å²) in [5.41, 5.74) is 9.46. The molecule has 6 N–H and O–H groups in total. The summed E-state index contributed by atoms with van der Waals surface area (Å²) in [5, 5.41) is 27.9. The summed E-state index contributed by atoms with van der Waals surface area (Å²) in [5.74, 6) is -1.11. The van der Waals surface area contributed by atoms with Crippen molar-refractivity contribution in [1.29, 1.82) is 0 Å². The van der Waals surface area contributed by atoms with E-state index >= 15 is 0 Å². The number of hydrogen-bond acceptors (Lipinski definition) is 5. The number of halogens is 1. The number of nitrogens with two attached hydrogens (primary N) is 1. The summed E-state index contributed by atoms with van der Waals surface area (Å²) < 4.78 is 0. The first-order chi connectivity index (χ1) is 21.6. The Kier molecular flexibility index (Phi) is 11.6. The number of primary amides is 1. The molecule has 0 radical (unpaired) electrons. The molecule has 0 aromatic heterocycles.